The minimum absolute atomic E-state index is 0.0731. The third-order valence-electron chi connectivity index (χ3n) is 9.46. The lowest BCUT2D eigenvalue weighted by Crippen LogP contribution is -2.55. The first-order chi connectivity index (χ1) is 11.5. The van der Waals surface area contributed by atoms with Crippen molar-refractivity contribution < 1.29 is 14.6 Å². The van der Waals surface area contributed by atoms with Crippen LogP contribution in [0.3, 0.4) is 0 Å². The Kier molecular flexibility index (Phi) is 3.26. The Morgan fingerprint density at radius 2 is 1.79 bits per heavy atom. The number of aliphatic hydroxyl groups excluding tert-OH is 1. The largest absolute Gasteiger partial charge is 0.462 e. The Morgan fingerprint density at radius 3 is 2.62 bits per heavy atom. The number of carbonyl (C=O) groups is 1. The van der Waals surface area contributed by atoms with Gasteiger partial charge in [0.2, 0.25) is 0 Å². The van der Waals surface area contributed by atoms with E-state index < -0.39 is 0 Å². The highest BCUT2D eigenvalue weighted by atomic mass is 16.6. The van der Waals surface area contributed by atoms with Gasteiger partial charge in [0, 0.05) is 5.92 Å². The van der Waals surface area contributed by atoms with Crippen LogP contribution in [0.5, 0.6) is 0 Å². The van der Waals surface area contributed by atoms with E-state index in [1.54, 1.807) is 0 Å². The summed E-state index contributed by atoms with van der Waals surface area (Å²) in [7, 11) is 0. The molecule has 0 radical (unpaired) electrons. The minimum atomic E-state index is -0.127. The van der Waals surface area contributed by atoms with Crippen LogP contribution in [0.4, 0.5) is 0 Å². The Labute approximate surface area is 145 Å². The zero-order valence-corrected chi connectivity index (χ0v) is 15.2. The fourth-order valence-corrected chi connectivity index (χ4v) is 8.37. The van der Waals surface area contributed by atoms with Gasteiger partial charge in [0.05, 0.1) is 11.5 Å². The number of carbonyl (C=O) groups excluding carboxylic acids is 1. The molecule has 4 aliphatic carbocycles. The Balaban J connectivity index is 1.48. The van der Waals surface area contributed by atoms with E-state index in [2.05, 4.69) is 13.8 Å². The molecule has 1 saturated heterocycles. The predicted molar refractivity (Wildman–Crippen MR) is 91.1 cm³/mol. The SMILES string of the molecule is CC1OC(=O)[C@]23CC[C@H]4[C@@H](CC[C@H]5C[C@H](O)CC[C@@]54C)[C@@H]2CCC13. The molecule has 0 aromatic carbocycles. The zero-order chi connectivity index (χ0) is 16.7. The van der Waals surface area contributed by atoms with Crippen molar-refractivity contribution in [2.24, 2.45) is 40.4 Å². The number of aliphatic hydroxyl groups is 1. The van der Waals surface area contributed by atoms with Crippen LogP contribution in [0.2, 0.25) is 0 Å². The summed E-state index contributed by atoms with van der Waals surface area (Å²) in [5, 5.41) is 10.1. The number of hydrogen-bond acceptors (Lipinski definition) is 3. The molecule has 0 amide bonds. The molecule has 3 nitrogen and oxygen atoms in total. The second-order valence-electron chi connectivity index (χ2n) is 9.96. The zero-order valence-electron chi connectivity index (χ0n) is 15.2. The monoisotopic (exact) mass is 332 g/mol. The van der Waals surface area contributed by atoms with Gasteiger partial charge < -0.3 is 9.84 Å². The molecule has 5 rings (SSSR count). The molecule has 2 unspecified atom stereocenters. The molecular weight excluding hydrogens is 300 g/mol. The van der Waals surface area contributed by atoms with Crippen molar-refractivity contribution in [2.75, 3.05) is 0 Å². The van der Waals surface area contributed by atoms with Crippen molar-refractivity contribution in [3.63, 3.8) is 0 Å². The van der Waals surface area contributed by atoms with Gasteiger partial charge in [-0.25, -0.2) is 0 Å². The van der Waals surface area contributed by atoms with Gasteiger partial charge in [0.25, 0.3) is 0 Å². The first-order valence-corrected chi connectivity index (χ1v) is 10.4. The number of cyclic esters (lactones) is 1. The molecule has 9 atom stereocenters. The summed E-state index contributed by atoms with van der Waals surface area (Å²) in [6, 6.07) is 0. The fourth-order valence-electron chi connectivity index (χ4n) is 8.37. The number of hydrogen-bond donors (Lipinski definition) is 1. The van der Waals surface area contributed by atoms with Gasteiger partial charge in [0.1, 0.15) is 6.10 Å². The summed E-state index contributed by atoms with van der Waals surface area (Å²) in [4.78, 5) is 12.8. The highest BCUT2D eigenvalue weighted by Gasteiger charge is 2.68. The van der Waals surface area contributed by atoms with Crippen molar-refractivity contribution in [3.05, 3.63) is 0 Å². The second-order valence-corrected chi connectivity index (χ2v) is 9.96. The third-order valence-corrected chi connectivity index (χ3v) is 9.46. The van der Waals surface area contributed by atoms with Gasteiger partial charge in [-0.15, -0.1) is 0 Å². The first kappa shape index (κ1) is 15.7. The summed E-state index contributed by atoms with van der Waals surface area (Å²) < 4.78 is 5.74. The first-order valence-electron chi connectivity index (χ1n) is 10.4. The van der Waals surface area contributed by atoms with E-state index in [0.717, 1.165) is 31.1 Å². The quantitative estimate of drug-likeness (QED) is 0.684. The Hall–Kier alpha value is -0.570. The standard InChI is InChI=1S/C21H32O3/c1-12-16-5-6-18-15-4-3-13-11-14(22)7-9-20(13,2)17(15)8-10-21(16,18)19(23)24-12/h12-18,22H,3-11H2,1-2H3/t12?,13-,14+,15+,16?,17-,18-,20-,21-/m0/s1. The predicted octanol–water partition coefficient (Wildman–Crippen LogP) is 3.93. The fraction of sp³-hybridized carbons (Fsp3) is 0.952. The van der Waals surface area contributed by atoms with E-state index in [1.807, 2.05) is 0 Å². The second kappa shape index (κ2) is 4.99. The minimum Gasteiger partial charge on any atom is -0.462 e. The molecule has 134 valence electrons. The molecule has 4 saturated carbocycles. The van der Waals surface area contributed by atoms with Crippen LogP contribution < -0.4 is 0 Å². The van der Waals surface area contributed by atoms with Gasteiger partial charge >= 0.3 is 5.97 Å². The number of ether oxygens (including phenoxy) is 1. The molecule has 5 fully saturated rings. The van der Waals surface area contributed by atoms with Crippen LogP contribution in [0.25, 0.3) is 0 Å². The number of rotatable bonds is 0. The molecule has 24 heavy (non-hydrogen) atoms. The lowest BCUT2D eigenvalue weighted by molar-refractivity contribution is -0.163. The highest BCUT2D eigenvalue weighted by Crippen LogP contribution is 2.69. The van der Waals surface area contributed by atoms with E-state index in [0.29, 0.717) is 23.2 Å². The summed E-state index contributed by atoms with van der Waals surface area (Å²) >= 11 is 0. The van der Waals surface area contributed by atoms with E-state index in [4.69, 9.17) is 4.74 Å². The summed E-state index contributed by atoms with van der Waals surface area (Å²) in [5.74, 6) is 3.38. The average molecular weight is 332 g/mol. The van der Waals surface area contributed by atoms with Gasteiger partial charge in [-0.2, -0.15) is 0 Å². The topological polar surface area (TPSA) is 46.5 Å². The third kappa shape index (κ3) is 1.75. The van der Waals surface area contributed by atoms with Gasteiger partial charge in [0.15, 0.2) is 0 Å². The van der Waals surface area contributed by atoms with Crippen molar-refractivity contribution in [2.45, 2.75) is 83.8 Å². The van der Waals surface area contributed by atoms with E-state index in [9.17, 15) is 9.90 Å². The van der Waals surface area contributed by atoms with Crippen molar-refractivity contribution in [3.8, 4) is 0 Å². The lowest BCUT2D eigenvalue weighted by atomic mass is 9.44. The van der Waals surface area contributed by atoms with Crippen LogP contribution in [-0.2, 0) is 9.53 Å². The molecule has 1 N–H and O–H groups in total. The van der Waals surface area contributed by atoms with E-state index in [1.165, 1.54) is 38.5 Å². The van der Waals surface area contributed by atoms with Crippen molar-refractivity contribution >= 4 is 5.97 Å². The Morgan fingerprint density at radius 1 is 1.00 bits per heavy atom. The van der Waals surface area contributed by atoms with E-state index in [-0.39, 0.29) is 23.6 Å². The van der Waals surface area contributed by atoms with E-state index >= 15 is 0 Å². The van der Waals surface area contributed by atoms with Gasteiger partial charge in [-0.05, 0) is 93.8 Å². The molecule has 5 aliphatic rings. The maximum atomic E-state index is 12.8. The maximum absolute atomic E-state index is 12.8. The molecule has 0 aromatic rings. The van der Waals surface area contributed by atoms with Crippen molar-refractivity contribution in [1.82, 2.24) is 0 Å². The van der Waals surface area contributed by atoms with Crippen LogP contribution in [0, 0.1) is 40.4 Å². The molecule has 1 heterocycles. The number of esters is 1. The molecule has 0 aromatic heterocycles. The number of fused-ring (bicyclic) bond motifs is 4. The molecule has 1 spiro atoms. The van der Waals surface area contributed by atoms with Gasteiger partial charge in [-0.1, -0.05) is 6.92 Å². The molecular formula is C21H32O3. The van der Waals surface area contributed by atoms with Crippen molar-refractivity contribution in [1.29, 1.82) is 0 Å². The smallest absolute Gasteiger partial charge is 0.313 e. The molecule has 3 heteroatoms. The van der Waals surface area contributed by atoms with Crippen LogP contribution in [0.1, 0.15) is 71.6 Å². The highest BCUT2D eigenvalue weighted by molar-refractivity contribution is 5.81. The van der Waals surface area contributed by atoms with Crippen LogP contribution >= 0.6 is 0 Å². The Bertz CT molecular complexity index is 559. The summed E-state index contributed by atoms with van der Waals surface area (Å²) in [5.41, 5.74) is 0.272. The maximum Gasteiger partial charge on any atom is 0.313 e. The lowest BCUT2D eigenvalue weighted by Gasteiger charge is -2.60. The normalized spacial score (nSPS) is 59.1. The summed E-state index contributed by atoms with van der Waals surface area (Å²) in [6.07, 6.45) is 10.5. The summed E-state index contributed by atoms with van der Waals surface area (Å²) in [6.45, 7) is 4.63. The molecule has 1 aliphatic heterocycles. The molecule has 0 bridgehead atoms. The van der Waals surface area contributed by atoms with Crippen LogP contribution in [-0.4, -0.2) is 23.3 Å². The van der Waals surface area contributed by atoms with Gasteiger partial charge in [-0.3, -0.25) is 4.79 Å². The van der Waals surface area contributed by atoms with Crippen LogP contribution in [0.15, 0.2) is 0 Å². The average Bonchev–Trinajstić information content (AvgIpc) is 3.05.